The summed E-state index contributed by atoms with van der Waals surface area (Å²) in [6.07, 6.45) is 0. The summed E-state index contributed by atoms with van der Waals surface area (Å²) in [5.41, 5.74) is 0.283. The number of benzene rings is 1. The maximum atomic E-state index is 11.8. The zero-order chi connectivity index (χ0) is 15.8. The number of hydrogen-bond donors (Lipinski definition) is 2. The van der Waals surface area contributed by atoms with Crippen LogP contribution in [0.5, 0.6) is 0 Å². The van der Waals surface area contributed by atoms with Crippen LogP contribution in [0.25, 0.3) is 0 Å². The number of carbonyl (C=O) groups is 3. The minimum Gasteiger partial charge on any atom is -0.464 e. The molecule has 0 spiro atoms. The Balaban J connectivity index is 2.45. The Kier molecular flexibility index (Phi) is 6.68. The van der Waals surface area contributed by atoms with Crippen molar-refractivity contribution < 1.29 is 19.1 Å². The Hall–Kier alpha value is -2.08. The molecule has 2 amide bonds. The molecule has 2 N–H and O–H groups in total. The van der Waals surface area contributed by atoms with E-state index in [0.717, 1.165) is 0 Å². The van der Waals surface area contributed by atoms with Crippen LogP contribution in [-0.4, -0.2) is 37.0 Å². The summed E-state index contributed by atoms with van der Waals surface area (Å²) >= 11 is 5.87. The maximum absolute atomic E-state index is 11.8. The van der Waals surface area contributed by atoms with Crippen LogP contribution in [0.1, 0.15) is 24.2 Å². The van der Waals surface area contributed by atoms with Crippen molar-refractivity contribution in [3.05, 3.63) is 34.9 Å². The zero-order valence-electron chi connectivity index (χ0n) is 11.8. The Morgan fingerprint density at radius 2 is 1.95 bits per heavy atom. The van der Waals surface area contributed by atoms with Crippen LogP contribution in [-0.2, 0) is 14.3 Å². The van der Waals surface area contributed by atoms with Crippen molar-refractivity contribution in [1.29, 1.82) is 0 Å². The zero-order valence-corrected chi connectivity index (χ0v) is 12.6. The summed E-state index contributed by atoms with van der Waals surface area (Å²) in [7, 11) is 0. The lowest BCUT2D eigenvalue weighted by molar-refractivity contribution is -0.146. The molecule has 114 valence electrons. The topological polar surface area (TPSA) is 84.5 Å². The van der Waals surface area contributed by atoms with Crippen LogP contribution >= 0.6 is 11.6 Å². The van der Waals surface area contributed by atoms with Crippen LogP contribution in [0.15, 0.2) is 24.3 Å². The molecule has 21 heavy (non-hydrogen) atoms. The van der Waals surface area contributed by atoms with Crippen molar-refractivity contribution in [2.75, 3.05) is 13.2 Å². The van der Waals surface area contributed by atoms with Crippen LogP contribution in [0.4, 0.5) is 0 Å². The van der Waals surface area contributed by atoms with E-state index in [2.05, 4.69) is 10.6 Å². The number of halogens is 1. The van der Waals surface area contributed by atoms with Gasteiger partial charge >= 0.3 is 5.97 Å². The normalized spacial score (nSPS) is 11.4. The Bertz CT molecular complexity index is 533. The molecule has 1 atom stereocenters. The van der Waals surface area contributed by atoms with E-state index in [0.29, 0.717) is 5.02 Å². The number of rotatable bonds is 6. The summed E-state index contributed by atoms with van der Waals surface area (Å²) in [5, 5.41) is 5.15. The highest BCUT2D eigenvalue weighted by atomic mass is 35.5. The van der Waals surface area contributed by atoms with Crippen molar-refractivity contribution >= 4 is 29.4 Å². The lowest BCUT2D eigenvalue weighted by Crippen LogP contribution is -2.44. The number of carbonyl (C=O) groups excluding carboxylic acids is 3. The fourth-order valence-electron chi connectivity index (χ4n) is 1.52. The van der Waals surface area contributed by atoms with Crippen molar-refractivity contribution in [2.45, 2.75) is 19.9 Å². The van der Waals surface area contributed by atoms with Crippen molar-refractivity contribution in [1.82, 2.24) is 10.6 Å². The summed E-state index contributed by atoms with van der Waals surface area (Å²) in [6, 6.07) is 5.74. The molecule has 0 saturated carbocycles. The second-order valence-electron chi connectivity index (χ2n) is 4.20. The molecule has 0 radical (unpaired) electrons. The fourth-order valence-corrected chi connectivity index (χ4v) is 1.74. The molecule has 6 nitrogen and oxygen atoms in total. The second kappa shape index (κ2) is 8.26. The van der Waals surface area contributed by atoms with Crippen LogP contribution in [0.2, 0.25) is 5.02 Å². The Morgan fingerprint density at radius 3 is 2.57 bits per heavy atom. The molecule has 0 heterocycles. The first kappa shape index (κ1) is 17.0. The molecule has 0 aliphatic rings. The van der Waals surface area contributed by atoms with Crippen molar-refractivity contribution in [3.63, 3.8) is 0 Å². The maximum Gasteiger partial charge on any atom is 0.328 e. The first-order valence-electron chi connectivity index (χ1n) is 6.44. The van der Waals surface area contributed by atoms with E-state index in [9.17, 15) is 14.4 Å². The molecule has 1 unspecified atom stereocenters. The summed E-state index contributed by atoms with van der Waals surface area (Å²) in [6.45, 7) is 3.16. The van der Waals surface area contributed by atoms with Gasteiger partial charge in [0.25, 0.3) is 5.91 Å². The van der Waals surface area contributed by atoms with E-state index < -0.39 is 23.8 Å². The van der Waals surface area contributed by atoms with Crippen molar-refractivity contribution in [2.24, 2.45) is 0 Å². The van der Waals surface area contributed by atoms with Gasteiger partial charge in [-0.05, 0) is 26.0 Å². The standard InChI is InChI=1S/C14H17ClN2O4/c1-3-21-14(20)9(2)17-12(18)8-16-13(19)10-6-4-5-7-11(10)15/h4-7,9H,3,8H2,1-2H3,(H,16,19)(H,17,18). The smallest absolute Gasteiger partial charge is 0.328 e. The predicted octanol–water partition coefficient (Wildman–Crippen LogP) is 1.14. The number of amides is 2. The molecular formula is C14H17ClN2O4. The van der Waals surface area contributed by atoms with Gasteiger partial charge in [0, 0.05) is 0 Å². The van der Waals surface area contributed by atoms with Gasteiger partial charge < -0.3 is 15.4 Å². The van der Waals surface area contributed by atoms with Crippen molar-refractivity contribution in [3.8, 4) is 0 Å². The van der Waals surface area contributed by atoms with Gasteiger partial charge in [-0.1, -0.05) is 23.7 Å². The molecule has 1 aromatic carbocycles. The van der Waals surface area contributed by atoms with Gasteiger partial charge in [-0.3, -0.25) is 9.59 Å². The molecule has 0 aromatic heterocycles. The van der Waals surface area contributed by atoms with E-state index in [1.54, 1.807) is 31.2 Å². The molecule has 1 aromatic rings. The first-order chi connectivity index (χ1) is 9.95. The van der Waals surface area contributed by atoms with E-state index in [1.165, 1.54) is 6.92 Å². The molecule has 1 rings (SSSR count). The Labute approximate surface area is 127 Å². The third kappa shape index (κ3) is 5.43. The quantitative estimate of drug-likeness (QED) is 0.771. The minimum absolute atomic E-state index is 0.238. The van der Waals surface area contributed by atoms with Crippen LogP contribution in [0.3, 0.4) is 0 Å². The van der Waals surface area contributed by atoms with Gasteiger partial charge in [-0.2, -0.15) is 0 Å². The first-order valence-corrected chi connectivity index (χ1v) is 6.82. The Morgan fingerprint density at radius 1 is 1.29 bits per heavy atom. The summed E-state index contributed by atoms with van der Waals surface area (Å²) < 4.78 is 4.76. The summed E-state index contributed by atoms with van der Waals surface area (Å²) in [4.78, 5) is 34.8. The molecule has 0 bridgehead atoms. The predicted molar refractivity (Wildman–Crippen MR) is 78.0 cm³/mol. The third-order valence-corrected chi connectivity index (χ3v) is 2.88. The van der Waals surface area contributed by atoms with Gasteiger partial charge in [0.2, 0.25) is 5.91 Å². The second-order valence-corrected chi connectivity index (χ2v) is 4.61. The largest absolute Gasteiger partial charge is 0.464 e. The van der Waals surface area contributed by atoms with Gasteiger partial charge in [0.05, 0.1) is 23.7 Å². The van der Waals surface area contributed by atoms with Gasteiger partial charge in [-0.25, -0.2) is 4.79 Å². The van der Waals surface area contributed by atoms with Crippen LogP contribution in [0, 0.1) is 0 Å². The van der Waals surface area contributed by atoms with E-state index in [4.69, 9.17) is 16.3 Å². The van der Waals surface area contributed by atoms with Gasteiger partial charge in [0.15, 0.2) is 0 Å². The van der Waals surface area contributed by atoms with E-state index >= 15 is 0 Å². The lowest BCUT2D eigenvalue weighted by Gasteiger charge is -2.13. The van der Waals surface area contributed by atoms with E-state index in [-0.39, 0.29) is 18.7 Å². The highest BCUT2D eigenvalue weighted by molar-refractivity contribution is 6.33. The lowest BCUT2D eigenvalue weighted by atomic mass is 10.2. The average Bonchev–Trinajstić information content (AvgIpc) is 2.45. The molecule has 7 heteroatoms. The summed E-state index contributed by atoms with van der Waals surface area (Å²) in [5.74, 6) is -1.47. The number of ether oxygens (including phenoxy) is 1. The SMILES string of the molecule is CCOC(=O)C(C)NC(=O)CNC(=O)c1ccccc1Cl. The average molecular weight is 313 g/mol. The number of esters is 1. The highest BCUT2D eigenvalue weighted by Crippen LogP contribution is 2.14. The third-order valence-electron chi connectivity index (χ3n) is 2.55. The van der Waals surface area contributed by atoms with Gasteiger partial charge in [-0.15, -0.1) is 0 Å². The number of nitrogens with one attached hydrogen (secondary N) is 2. The molecule has 0 aliphatic heterocycles. The minimum atomic E-state index is -0.769. The van der Waals surface area contributed by atoms with E-state index in [1.807, 2.05) is 0 Å². The van der Waals surface area contributed by atoms with Crippen LogP contribution < -0.4 is 10.6 Å². The molecule has 0 fully saturated rings. The fraction of sp³-hybridized carbons (Fsp3) is 0.357. The van der Waals surface area contributed by atoms with Gasteiger partial charge in [0.1, 0.15) is 6.04 Å². The molecular weight excluding hydrogens is 296 g/mol. The number of hydrogen-bond acceptors (Lipinski definition) is 4. The monoisotopic (exact) mass is 312 g/mol. The molecule has 0 saturated heterocycles. The highest BCUT2D eigenvalue weighted by Gasteiger charge is 2.17. The molecule has 0 aliphatic carbocycles.